The van der Waals surface area contributed by atoms with Crippen molar-refractivity contribution in [1.29, 1.82) is 0 Å². The molecule has 1 fully saturated rings. The topological polar surface area (TPSA) is 62.3 Å². The standard InChI is InChI=1S/C20H16ClN3O2/c21-15-6-2-7-16(11-15)24-12-14(10-18(24)25)20(26)23-17-8-1-4-13-5-3-9-22-19(13)17/h1-9,11,14H,10,12H2,(H,23,26). The number of carbonyl (C=O) groups excluding carboxylic acids is 2. The van der Waals surface area contributed by atoms with Crippen LogP contribution in [-0.4, -0.2) is 23.3 Å². The molecular formula is C20H16ClN3O2. The first-order chi connectivity index (χ1) is 12.6. The zero-order valence-corrected chi connectivity index (χ0v) is 14.6. The Morgan fingerprint density at radius 3 is 2.81 bits per heavy atom. The Morgan fingerprint density at radius 1 is 1.15 bits per heavy atom. The van der Waals surface area contributed by atoms with Crippen LogP contribution in [0.2, 0.25) is 5.02 Å². The molecule has 1 aliphatic rings. The number of pyridine rings is 1. The molecule has 2 aromatic carbocycles. The van der Waals surface area contributed by atoms with Gasteiger partial charge in [-0.15, -0.1) is 0 Å². The van der Waals surface area contributed by atoms with Gasteiger partial charge in [0.1, 0.15) is 0 Å². The molecule has 2 amide bonds. The van der Waals surface area contributed by atoms with E-state index in [1.807, 2.05) is 36.4 Å². The van der Waals surface area contributed by atoms with Crippen LogP contribution in [0.25, 0.3) is 10.9 Å². The fraction of sp³-hybridized carbons (Fsp3) is 0.150. The highest BCUT2D eigenvalue weighted by Crippen LogP contribution is 2.28. The molecule has 1 aromatic heterocycles. The highest BCUT2D eigenvalue weighted by Gasteiger charge is 2.35. The van der Waals surface area contributed by atoms with Crippen LogP contribution in [0, 0.1) is 5.92 Å². The van der Waals surface area contributed by atoms with Crippen LogP contribution in [0.5, 0.6) is 0 Å². The second-order valence-electron chi connectivity index (χ2n) is 6.26. The van der Waals surface area contributed by atoms with Crippen LogP contribution in [0.15, 0.2) is 60.8 Å². The Kier molecular flexibility index (Phi) is 4.31. The SMILES string of the molecule is O=C(Nc1cccc2cccnc12)C1CC(=O)N(c2cccc(Cl)c2)C1. The number of carbonyl (C=O) groups is 2. The molecule has 0 radical (unpaired) electrons. The van der Waals surface area contributed by atoms with Gasteiger partial charge in [-0.25, -0.2) is 0 Å². The first-order valence-corrected chi connectivity index (χ1v) is 8.70. The highest BCUT2D eigenvalue weighted by atomic mass is 35.5. The summed E-state index contributed by atoms with van der Waals surface area (Å²) in [7, 11) is 0. The van der Waals surface area contributed by atoms with E-state index in [0.717, 1.165) is 10.9 Å². The van der Waals surface area contributed by atoms with E-state index in [1.165, 1.54) is 0 Å². The Hall–Kier alpha value is -2.92. The average molecular weight is 366 g/mol. The van der Waals surface area contributed by atoms with Gasteiger partial charge in [0, 0.05) is 35.3 Å². The van der Waals surface area contributed by atoms with E-state index in [0.29, 0.717) is 22.9 Å². The fourth-order valence-electron chi connectivity index (χ4n) is 3.22. The third-order valence-electron chi connectivity index (χ3n) is 4.51. The van der Waals surface area contributed by atoms with Crippen molar-refractivity contribution >= 4 is 45.7 Å². The molecule has 130 valence electrons. The largest absolute Gasteiger partial charge is 0.324 e. The summed E-state index contributed by atoms with van der Waals surface area (Å²) in [5.41, 5.74) is 2.10. The molecule has 1 aliphatic heterocycles. The van der Waals surface area contributed by atoms with Gasteiger partial charge in [0.05, 0.1) is 17.1 Å². The molecule has 3 aromatic rings. The Bertz CT molecular complexity index is 1000. The quantitative estimate of drug-likeness (QED) is 0.766. The van der Waals surface area contributed by atoms with Crippen LogP contribution in [-0.2, 0) is 9.59 Å². The van der Waals surface area contributed by atoms with Crippen molar-refractivity contribution in [3.8, 4) is 0 Å². The lowest BCUT2D eigenvalue weighted by Gasteiger charge is -2.17. The zero-order chi connectivity index (χ0) is 18.1. The van der Waals surface area contributed by atoms with Crippen molar-refractivity contribution in [3.63, 3.8) is 0 Å². The smallest absolute Gasteiger partial charge is 0.229 e. The van der Waals surface area contributed by atoms with Gasteiger partial charge < -0.3 is 10.2 Å². The minimum Gasteiger partial charge on any atom is -0.324 e. The molecule has 1 N–H and O–H groups in total. The number of rotatable bonds is 3. The van der Waals surface area contributed by atoms with Crippen molar-refractivity contribution in [1.82, 2.24) is 4.98 Å². The van der Waals surface area contributed by atoms with E-state index in [2.05, 4.69) is 10.3 Å². The Balaban J connectivity index is 1.53. The van der Waals surface area contributed by atoms with E-state index in [1.54, 1.807) is 29.3 Å². The van der Waals surface area contributed by atoms with Crippen molar-refractivity contribution in [2.24, 2.45) is 5.92 Å². The Labute approximate surface area is 155 Å². The third-order valence-corrected chi connectivity index (χ3v) is 4.74. The van der Waals surface area contributed by atoms with Crippen molar-refractivity contribution < 1.29 is 9.59 Å². The number of hydrogen-bond acceptors (Lipinski definition) is 3. The number of benzene rings is 2. The molecule has 1 saturated heterocycles. The maximum atomic E-state index is 12.7. The Morgan fingerprint density at radius 2 is 1.96 bits per heavy atom. The molecule has 6 heteroatoms. The first-order valence-electron chi connectivity index (χ1n) is 8.32. The van der Waals surface area contributed by atoms with E-state index >= 15 is 0 Å². The number of fused-ring (bicyclic) bond motifs is 1. The minimum absolute atomic E-state index is 0.0801. The molecule has 0 saturated carbocycles. The van der Waals surface area contributed by atoms with Gasteiger partial charge in [-0.05, 0) is 30.3 Å². The van der Waals surface area contributed by atoms with Crippen LogP contribution < -0.4 is 10.2 Å². The second kappa shape index (κ2) is 6.77. The predicted octanol–water partition coefficient (Wildman–Crippen LogP) is 3.88. The third kappa shape index (κ3) is 3.13. The van der Waals surface area contributed by atoms with E-state index in [9.17, 15) is 9.59 Å². The lowest BCUT2D eigenvalue weighted by atomic mass is 10.1. The summed E-state index contributed by atoms with van der Waals surface area (Å²) in [6.45, 7) is 0.337. The minimum atomic E-state index is -0.416. The molecule has 4 rings (SSSR count). The molecular weight excluding hydrogens is 350 g/mol. The van der Waals surface area contributed by atoms with Crippen LogP contribution >= 0.6 is 11.6 Å². The molecule has 5 nitrogen and oxygen atoms in total. The summed E-state index contributed by atoms with van der Waals surface area (Å²) in [6, 6.07) is 16.5. The number of anilines is 2. The lowest BCUT2D eigenvalue weighted by Crippen LogP contribution is -2.28. The normalized spacial score (nSPS) is 16.9. The number of para-hydroxylation sites is 1. The average Bonchev–Trinajstić information content (AvgIpc) is 3.04. The van der Waals surface area contributed by atoms with Gasteiger partial charge in [0.15, 0.2) is 0 Å². The molecule has 0 spiro atoms. The summed E-state index contributed by atoms with van der Waals surface area (Å²) in [6.07, 6.45) is 1.87. The summed E-state index contributed by atoms with van der Waals surface area (Å²) < 4.78 is 0. The van der Waals surface area contributed by atoms with Crippen LogP contribution in [0.1, 0.15) is 6.42 Å². The highest BCUT2D eigenvalue weighted by molar-refractivity contribution is 6.31. The summed E-state index contributed by atoms with van der Waals surface area (Å²) in [4.78, 5) is 31.0. The number of nitrogens with one attached hydrogen (secondary N) is 1. The van der Waals surface area contributed by atoms with E-state index in [-0.39, 0.29) is 18.2 Å². The summed E-state index contributed by atoms with van der Waals surface area (Å²) in [5.74, 6) is -0.676. The van der Waals surface area contributed by atoms with Crippen LogP contribution in [0.3, 0.4) is 0 Å². The molecule has 26 heavy (non-hydrogen) atoms. The number of hydrogen-bond donors (Lipinski definition) is 1. The van der Waals surface area contributed by atoms with Gasteiger partial charge in [-0.2, -0.15) is 0 Å². The number of halogens is 1. The molecule has 0 aliphatic carbocycles. The maximum absolute atomic E-state index is 12.7. The van der Waals surface area contributed by atoms with Gasteiger partial charge in [-0.1, -0.05) is 35.9 Å². The van der Waals surface area contributed by atoms with E-state index in [4.69, 9.17) is 11.6 Å². The molecule has 0 bridgehead atoms. The molecule has 1 atom stereocenters. The predicted molar refractivity (Wildman–Crippen MR) is 102 cm³/mol. The number of nitrogens with zero attached hydrogens (tertiary/aromatic N) is 2. The molecule has 1 unspecified atom stereocenters. The number of amides is 2. The molecule has 2 heterocycles. The monoisotopic (exact) mass is 365 g/mol. The van der Waals surface area contributed by atoms with Gasteiger partial charge in [0.2, 0.25) is 11.8 Å². The summed E-state index contributed by atoms with van der Waals surface area (Å²) in [5, 5.41) is 4.44. The van der Waals surface area contributed by atoms with Crippen molar-refractivity contribution in [2.45, 2.75) is 6.42 Å². The second-order valence-corrected chi connectivity index (χ2v) is 6.69. The van der Waals surface area contributed by atoms with Crippen molar-refractivity contribution in [2.75, 3.05) is 16.8 Å². The number of aromatic nitrogens is 1. The summed E-state index contributed by atoms with van der Waals surface area (Å²) >= 11 is 6.01. The zero-order valence-electron chi connectivity index (χ0n) is 13.9. The maximum Gasteiger partial charge on any atom is 0.229 e. The fourth-order valence-corrected chi connectivity index (χ4v) is 3.40. The van der Waals surface area contributed by atoms with Gasteiger partial charge in [-0.3, -0.25) is 14.6 Å². The first kappa shape index (κ1) is 16.5. The van der Waals surface area contributed by atoms with Gasteiger partial charge in [0.25, 0.3) is 0 Å². The van der Waals surface area contributed by atoms with Gasteiger partial charge >= 0.3 is 0 Å². The lowest BCUT2D eigenvalue weighted by molar-refractivity contribution is -0.122. The van der Waals surface area contributed by atoms with E-state index < -0.39 is 5.92 Å². The van der Waals surface area contributed by atoms with Crippen molar-refractivity contribution in [3.05, 3.63) is 65.8 Å². The van der Waals surface area contributed by atoms with Crippen LogP contribution in [0.4, 0.5) is 11.4 Å².